The van der Waals surface area contributed by atoms with Crippen LogP contribution in [0.15, 0.2) is 12.7 Å². The van der Waals surface area contributed by atoms with Crippen molar-refractivity contribution in [3.63, 3.8) is 0 Å². The molecule has 0 aliphatic rings. The average Bonchev–Trinajstić information content (AvgIpc) is 1.82. The number of alkyl halides is 3. The van der Waals surface area contributed by atoms with Crippen molar-refractivity contribution in [2.45, 2.75) is 24.3 Å². The molecule has 0 aliphatic heterocycles. The van der Waals surface area contributed by atoms with Gasteiger partial charge in [0, 0.05) is 17.1 Å². The van der Waals surface area contributed by atoms with E-state index >= 15 is 0 Å². The number of hydrogen-bond donors (Lipinski definition) is 0. The van der Waals surface area contributed by atoms with Crippen molar-refractivity contribution in [2.24, 2.45) is 0 Å². The summed E-state index contributed by atoms with van der Waals surface area (Å²) in [5.41, 5.74) is 0. The minimum Gasteiger partial charge on any atom is -0.212 e. The third-order valence-electron chi connectivity index (χ3n) is 1.34. The van der Waals surface area contributed by atoms with Crippen molar-refractivity contribution in [2.75, 3.05) is 0 Å². The van der Waals surface area contributed by atoms with Crippen molar-refractivity contribution in [3.8, 4) is 0 Å². The lowest BCUT2D eigenvalue weighted by molar-refractivity contribution is -0.135. The van der Waals surface area contributed by atoms with Crippen molar-refractivity contribution in [1.82, 2.24) is 0 Å². The van der Waals surface area contributed by atoms with Crippen LogP contribution in [0.5, 0.6) is 0 Å². The predicted molar refractivity (Wildman–Crippen MR) is 44.0 cm³/mol. The van der Waals surface area contributed by atoms with Crippen LogP contribution in [-0.2, 0) is 9.05 Å². The molecule has 7 heteroatoms. The van der Waals surface area contributed by atoms with Crippen molar-refractivity contribution in [3.05, 3.63) is 12.7 Å². The van der Waals surface area contributed by atoms with Gasteiger partial charge in [0.05, 0.1) is 5.25 Å². The molecular weight excluding hydrogens is 229 g/mol. The number of halogens is 4. The Balaban J connectivity index is 4.26. The van der Waals surface area contributed by atoms with Crippen LogP contribution in [0.4, 0.5) is 13.2 Å². The molecule has 0 aliphatic carbocycles. The summed E-state index contributed by atoms with van der Waals surface area (Å²) in [5, 5.41) is -1.34. The highest BCUT2D eigenvalue weighted by Gasteiger charge is 2.30. The van der Waals surface area contributed by atoms with Gasteiger partial charge in [-0.05, 0) is 6.42 Å². The standard InChI is InChI=1S/C6H8ClF3O2S/c1-2-5(13(7,11)12)3-4-6(8,9)10/h2,5H,1,3-4H2. The van der Waals surface area contributed by atoms with Crippen molar-refractivity contribution >= 4 is 19.7 Å². The molecule has 0 N–H and O–H groups in total. The molecule has 0 radical (unpaired) electrons. The van der Waals surface area contributed by atoms with Gasteiger partial charge in [-0.3, -0.25) is 0 Å². The Kier molecular flexibility index (Phi) is 4.25. The SMILES string of the molecule is C=CC(CCC(F)(F)F)S(=O)(=O)Cl. The van der Waals surface area contributed by atoms with Crippen LogP contribution < -0.4 is 0 Å². The molecule has 0 fully saturated rings. The highest BCUT2D eigenvalue weighted by atomic mass is 35.7. The molecule has 0 heterocycles. The number of hydrogen-bond acceptors (Lipinski definition) is 2. The normalized spacial score (nSPS) is 15.4. The Hall–Kier alpha value is -0.230. The topological polar surface area (TPSA) is 34.1 Å². The second-order valence-corrected chi connectivity index (χ2v) is 5.25. The highest BCUT2D eigenvalue weighted by Crippen LogP contribution is 2.25. The number of rotatable bonds is 4. The monoisotopic (exact) mass is 236 g/mol. The first-order valence-corrected chi connectivity index (χ1v) is 5.67. The summed E-state index contributed by atoms with van der Waals surface area (Å²) in [6.45, 7) is 3.10. The van der Waals surface area contributed by atoms with Gasteiger partial charge in [0.25, 0.3) is 0 Å². The fraction of sp³-hybridized carbons (Fsp3) is 0.667. The zero-order valence-electron chi connectivity index (χ0n) is 6.51. The summed E-state index contributed by atoms with van der Waals surface area (Å²) in [6.07, 6.45) is -5.24. The summed E-state index contributed by atoms with van der Waals surface area (Å²) in [7, 11) is 0.879. The van der Waals surface area contributed by atoms with Gasteiger partial charge in [-0.15, -0.1) is 6.58 Å². The van der Waals surface area contributed by atoms with E-state index in [1.54, 1.807) is 0 Å². The maximum absolute atomic E-state index is 11.7. The minimum absolute atomic E-state index is 0.584. The molecule has 1 atom stereocenters. The van der Waals surface area contributed by atoms with Crippen LogP contribution in [0, 0.1) is 0 Å². The van der Waals surface area contributed by atoms with Crippen LogP contribution in [0.2, 0.25) is 0 Å². The van der Waals surface area contributed by atoms with Gasteiger partial charge in [0.1, 0.15) is 0 Å². The Morgan fingerprint density at radius 1 is 1.46 bits per heavy atom. The average molecular weight is 237 g/mol. The van der Waals surface area contributed by atoms with E-state index in [1.165, 1.54) is 0 Å². The summed E-state index contributed by atoms with van der Waals surface area (Å²) < 4.78 is 56.2. The third kappa shape index (κ3) is 5.93. The molecular formula is C6H8ClF3O2S. The van der Waals surface area contributed by atoms with Crippen LogP contribution in [0.3, 0.4) is 0 Å². The highest BCUT2D eigenvalue weighted by molar-refractivity contribution is 8.14. The van der Waals surface area contributed by atoms with Crippen LogP contribution in [-0.4, -0.2) is 19.8 Å². The first-order valence-electron chi connectivity index (χ1n) is 3.29. The van der Waals surface area contributed by atoms with Gasteiger partial charge >= 0.3 is 6.18 Å². The summed E-state index contributed by atoms with van der Waals surface area (Å²) in [6, 6.07) is 0. The molecule has 0 rings (SSSR count). The Labute approximate surface area is 78.8 Å². The first kappa shape index (κ1) is 12.8. The molecule has 0 amide bonds. The van der Waals surface area contributed by atoms with Gasteiger partial charge in [0.15, 0.2) is 0 Å². The van der Waals surface area contributed by atoms with Crippen LogP contribution in [0.1, 0.15) is 12.8 Å². The van der Waals surface area contributed by atoms with E-state index < -0.39 is 33.3 Å². The van der Waals surface area contributed by atoms with E-state index in [-0.39, 0.29) is 0 Å². The molecule has 0 bridgehead atoms. The van der Waals surface area contributed by atoms with Crippen LogP contribution >= 0.6 is 10.7 Å². The fourth-order valence-electron chi connectivity index (χ4n) is 0.679. The van der Waals surface area contributed by atoms with Gasteiger partial charge in [-0.2, -0.15) is 13.2 Å². The van der Waals surface area contributed by atoms with Gasteiger partial charge in [-0.25, -0.2) is 8.42 Å². The lowest BCUT2D eigenvalue weighted by Gasteiger charge is -2.10. The molecule has 0 spiro atoms. The second-order valence-electron chi connectivity index (χ2n) is 2.40. The van der Waals surface area contributed by atoms with Crippen molar-refractivity contribution < 1.29 is 21.6 Å². The Morgan fingerprint density at radius 3 is 2.15 bits per heavy atom. The molecule has 78 valence electrons. The minimum atomic E-state index is -4.37. The molecule has 2 nitrogen and oxygen atoms in total. The largest absolute Gasteiger partial charge is 0.389 e. The first-order chi connectivity index (χ1) is 5.67. The smallest absolute Gasteiger partial charge is 0.212 e. The second kappa shape index (κ2) is 4.32. The van der Waals surface area contributed by atoms with Gasteiger partial charge < -0.3 is 0 Å². The van der Waals surface area contributed by atoms with E-state index in [9.17, 15) is 21.6 Å². The lowest BCUT2D eigenvalue weighted by Crippen LogP contribution is -2.17. The molecule has 0 aromatic carbocycles. The summed E-state index contributed by atoms with van der Waals surface area (Å²) in [4.78, 5) is 0. The lowest BCUT2D eigenvalue weighted by atomic mass is 10.2. The third-order valence-corrected chi connectivity index (χ3v) is 3.17. The zero-order chi connectivity index (χ0) is 10.7. The van der Waals surface area contributed by atoms with E-state index in [4.69, 9.17) is 10.7 Å². The summed E-state index contributed by atoms with van der Waals surface area (Å²) >= 11 is 0. The molecule has 0 aromatic rings. The van der Waals surface area contributed by atoms with E-state index in [1.807, 2.05) is 0 Å². The molecule has 13 heavy (non-hydrogen) atoms. The van der Waals surface area contributed by atoms with Gasteiger partial charge in [0.2, 0.25) is 9.05 Å². The maximum atomic E-state index is 11.7. The molecule has 0 saturated carbocycles. The molecule has 1 unspecified atom stereocenters. The Morgan fingerprint density at radius 2 is 1.92 bits per heavy atom. The quantitative estimate of drug-likeness (QED) is 0.555. The zero-order valence-corrected chi connectivity index (χ0v) is 8.09. The van der Waals surface area contributed by atoms with Crippen molar-refractivity contribution in [1.29, 1.82) is 0 Å². The van der Waals surface area contributed by atoms with Crippen LogP contribution in [0.25, 0.3) is 0 Å². The van der Waals surface area contributed by atoms with E-state index in [0.29, 0.717) is 0 Å². The fourth-order valence-corrected chi connectivity index (χ4v) is 1.79. The molecule has 0 aromatic heterocycles. The predicted octanol–water partition coefficient (Wildman–Crippen LogP) is 2.45. The summed E-state index contributed by atoms with van der Waals surface area (Å²) in [5.74, 6) is 0. The van der Waals surface area contributed by atoms with E-state index in [0.717, 1.165) is 6.08 Å². The molecule has 0 saturated heterocycles. The maximum Gasteiger partial charge on any atom is 0.389 e. The van der Waals surface area contributed by atoms with E-state index in [2.05, 4.69) is 6.58 Å². The Bertz CT molecular complexity index is 270. The van der Waals surface area contributed by atoms with Gasteiger partial charge in [-0.1, -0.05) is 6.08 Å².